The molecule has 0 atom stereocenters. The number of Topliss-reactive ketones (excluding diaryl/α,β-unsaturated/α-hetero) is 1. The molecule has 1 heterocycles. The molecule has 0 saturated carbocycles. The first-order valence-corrected chi connectivity index (χ1v) is 5.51. The van der Waals surface area contributed by atoms with Crippen LogP contribution in [0.15, 0.2) is 22.7 Å². The van der Waals surface area contributed by atoms with Crippen molar-refractivity contribution in [2.24, 2.45) is 0 Å². The molecular formula is C9H4BrCl2NO2. The van der Waals surface area contributed by atoms with Crippen LogP contribution < -0.4 is 5.32 Å². The van der Waals surface area contributed by atoms with E-state index in [9.17, 15) is 9.59 Å². The van der Waals surface area contributed by atoms with Crippen LogP contribution in [0.1, 0.15) is 10.4 Å². The van der Waals surface area contributed by atoms with Gasteiger partial charge in [-0.2, -0.15) is 0 Å². The van der Waals surface area contributed by atoms with Crippen LogP contribution in [0.4, 0.5) is 5.69 Å². The van der Waals surface area contributed by atoms with E-state index in [2.05, 4.69) is 21.2 Å². The number of anilines is 1. The van der Waals surface area contributed by atoms with Gasteiger partial charge in [0, 0.05) is 10.0 Å². The molecule has 1 aromatic carbocycles. The Labute approximate surface area is 104 Å². The Bertz CT molecular complexity index is 473. The normalized spacial score (nSPS) is 18.3. The second kappa shape index (κ2) is 3.47. The first-order chi connectivity index (χ1) is 6.93. The molecular weight excluding hydrogens is 305 g/mol. The quantitative estimate of drug-likeness (QED) is 0.592. The van der Waals surface area contributed by atoms with E-state index in [4.69, 9.17) is 23.2 Å². The highest BCUT2D eigenvalue weighted by molar-refractivity contribution is 9.10. The number of amides is 1. The topological polar surface area (TPSA) is 46.2 Å². The molecule has 0 unspecified atom stereocenters. The van der Waals surface area contributed by atoms with Crippen LogP contribution in [-0.4, -0.2) is 16.0 Å². The molecule has 3 nitrogen and oxygen atoms in total. The van der Waals surface area contributed by atoms with Gasteiger partial charge in [-0.3, -0.25) is 9.59 Å². The lowest BCUT2D eigenvalue weighted by Gasteiger charge is -2.25. The van der Waals surface area contributed by atoms with E-state index in [1.54, 1.807) is 18.2 Å². The van der Waals surface area contributed by atoms with E-state index in [-0.39, 0.29) is 0 Å². The summed E-state index contributed by atoms with van der Waals surface area (Å²) >= 11 is 14.5. The minimum atomic E-state index is -2.03. The molecule has 1 aromatic rings. The lowest BCUT2D eigenvalue weighted by Crippen LogP contribution is -2.44. The fourth-order valence-electron chi connectivity index (χ4n) is 1.29. The molecule has 1 N–H and O–H groups in total. The molecule has 15 heavy (non-hydrogen) atoms. The molecule has 0 aliphatic carbocycles. The molecule has 1 amide bonds. The van der Waals surface area contributed by atoms with Gasteiger partial charge in [0.05, 0.1) is 5.69 Å². The van der Waals surface area contributed by atoms with Crippen molar-refractivity contribution < 1.29 is 9.59 Å². The first kappa shape index (κ1) is 10.9. The number of carbonyl (C=O) groups is 2. The molecule has 1 aliphatic heterocycles. The largest absolute Gasteiger partial charge is 0.322 e. The Morgan fingerprint density at radius 1 is 1.27 bits per heavy atom. The van der Waals surface area contributed by atoms with Gasteiger partial charge in [0.2, 0.25) is 5.78 Å². The van der Waals surface area contributed by atoms with Crippen molar-refractivity contribution in [3.63, 3.8) is 0 Å². The van der Waals surface area contributed by atoms with Gasteiger partial charge in [0.15, 0.2) is 0 Å². The van der Waals surface area contributed by atoms with Gasteiger partial charge in [0.25, 0.3) is 10.2 Å². The second-order valence-electron chi connectivity index (χ2n) is 3.05. The van der Waals surface area contributed by atoms with Gasteiger partial charge in [-0.1, -0.05) is 39.1 Å². The van der Waals surface area contributed by atoms with Gasteiger partial charge in [-0.25, -0.2) is 0 Å². The fraction of sp³-hybridized carbons (Fsp3) is 0.111. The van der Waals surface area contributed by atoms with E-state index in [0.29, 0.717) is 11.3 Å². The lowest BCUT2D eigenvalue weighted by molar-refractivity contribution is -0.116. The minimum Gasteiger partial charge on any atom is -0.322 e. The zero-order chi connectivity index (χ0) is 11.2. The molecule has 0 spiro atoms. The van der Waals surface area contributed by atoms with Crippen molar-refractivity contribution in [2.75, 3.05) is 5.32 Å². The fourth-order valence-corrected chi connectivity index (χ4v) is 1.95. The zero-order valence-electron chi connectivity index (χ0n) is 7.18. The number of alkyl halides is 2. The number of hydrogen-bond donors (Lipinski definition) is 1. The summed E-state index contributed by atoms with van der Waals surface area (Å²) in [7, 11) is 0. The molecule has 0 radical (unpaired) electrons. The number of nitrogens with one attached hydrogen (secondary N) is 1. The van der Waals surface area contributed by atoms with Crippen LogP contribution in [0.2, 0.25) is 0 Å². The summed E-state index contributed by atoms with van der Waals surface area (Å²) in [5, 5.41) is 2.47. The number of benzene rings is 1. The summed E-state index contributed by atoms with van der Waals surface area (Å²) in [5.41, 5.74) is 0.721. The molecule has 1 aliphatic rings. The van der Waals surface area contributed by atoms with Crippen LogP contribution in [0, 0.1) is 0 Å². The average molecular weight is 309 g/mol. The molecule has 0 saturated heterocycles. The highest BCUT2D eigenvalue weighted by atomic mass is 79.9. The number of carbonyl (C=O) groups excluding carboxylic acids is 2. The Hall–Kier alpha value is -0.580. The van der Waals surface area contributed by atoms with Gasteiger partial charge in [-0.05, 0) is 18.2 Å². The summed E-state index contributed by atoms with van der Waals surface area (Å²) in [5.74, 6) is -1.32. The maximum Gasteiger partial charge on any atom is 0.269 e. The summed E-state index contributed by atoms with van der Waals surface area (Å²) in [6.45, 7) is 0. The van der Waals surface area contributed by atoms with Crippen molar-refractivity contribution in [2.45, 2.75) is 4.33 Å². The summed E-state index contributed by atoms with van der Waals surface area (Å²) in [6, 6.07) is 4.85. The van der Waals surface area contributed by atoms with Gasteiger partial charge >= 0.3 is 0 Å². The number of hydrogen-bond acceptors (Lipinski definition) is 2. The number of ketones is 1. The Balaban J connectivity index is 2.61. The predicted octanol–water partition coefficient (Wildman–Crippen LogP) is 2.76. The van der Waals surface area contributed by atoms with Crippen molar-refractivity contribution in [1.29, 1.82) is 0 Å². The van der Waals surface area contributed by atoms with Crippen LogP contribution in [-0.2, 0) is 4.79 Å². The summed E-state index contributed by atoms with van der Waals surface area (Å²) in [4.78, 5) is 23.1. The van der Waals surface area contributed by atoms with Crippen LogP contribution in [0.25, 0.3) is 0 Å². The highest BCUT2D eigenvalue weighted by Crippen LogP contribution is 2.36. The zero-order valence-corrected chi connectivity index (χ0v) is 10.3. The third-order valence-corrected chi connectivity index (χ3v) is 3.22. The van der Waals surface area contributed by atoms with Crippen molar-refractivity contribution in [3.05, 3.63) is 28.2 Å². The SMILES string of the molecule is O=C1Nc2cc(Br)ccc2C(=O)C1(Cl)Cl. The van der Waals surface area contributed by atoms with Crippen LogP contribution in [0.3, 0.4) is 0 Å². The number of fused-ring (bicyclic) bond motifs is 1. The summed E-state index contributed by atoms with van der Waals surface area (Å²) < 4.78 is -1.27. The number of rotatable bonds is 0. The van der Waals surface area contributed by atoms with Crippen molar-refractivity contribution in [1.82, 2.24) is 0 Å². The van der Waals surface area contributed by atoms with Crippen molar-refractivity contribution >= 4 is 56.5 Å². The molecule has 0 bridgehead atoms. The Morgan fingerprint density at radius 3 is 2.60 bits per heavy atom. The van der Waals surface area contributed by atoms with E-state index < -0.39 is 16.0 Å². The molecule has 2 rings (SSSR count). The monoisotopic (exact) mass is 307 g/mol. The average Bonchev–Trinajstić information content (AvgIpc) is 2.15. The molecule has 78 valence electrons. The van der Waals surface area contributed by atoms with E-state index in [0.717, 1.165) is 4.47 Å². The minimum absolute atomic E-state index is 0.308. The smallest absolute Gasteiger partial charge is 0.269 e. The molecule has 0 aromatic heterocycles. The molecule has 0 fully saturated rings. The molecule has 6 heteroatoms. The summed E-state index contributed by atoms with van der Waals surface area (Å²) in [6.07, 6.45) is 0. The van der Waals surface area contributed by atoms with Gasteiger partial charge in [-0.15, -0.1) is 0 Å². The Kier molecular flexibility index (Phi) is 2.53. The standard InChI is InChI=1S/C9H4BrCl2NO2/c10-4-1-2-5-6(3-4)13-8(15)9(11,12)7(5)14/h1-3H,(H,13,15). The highest BCUT2D eigenvalue weighted by Gasteiger charge is 2.46. The third-order valence-electron chi connectivity index (χ3n) is 2.04. The predicted molar refractivity (Wildman–Crippen MR) is 61.5 cm³/mol. The third kappa shape index (κ3) is 1.67. The maximum absolute atomic E-state index is 11.7. The van der Waals surface area contributed by atoms with E-state index >= 15 is 0 Å². The van der Waals surface area contributed by atoms with Crippen LogP contribution >= 0.6 is 39.1 Å². The van der Waals surface area contributed by atoms with E-state index in [1.807, 2.05) is 0 Å². The Morgan fingerprint density at radius 2 is 1.93 bits per heavy atom. The lowest BCUT2D eigenvalue weighted by atomic mass is 10.0. The van der Waals surface area contributed by atoms with Gasteiger partial charge < -0.3 is 5.32 Å². The van der Waals surface area contributed by atoms with E-state index in [1.165, 1.54) is 0 Å². The van der Waals surface area contributed by atoms with Crippen LogP contribution in [0.5, 0.6) is 0 Å². The second-order valence-corrected chi connectivity index (χ2v) is 5.29. The number of halogens is 3. The van der Waals surface area contributed by atoms with Crippen molar-refractivity contribution in [3.8, 4) is 0 Å². The van der Waals surface area contributed by atoms with Gasteiger partial charge in [0.1, 0.15) is 0 Å². The first-order valence-electron chi connectivity index (χ1n) is 3.96. The maximum atomic E-state index is 11.7.